The maximum atomic E-state index is 5.88. The first-order valence-corrected chi connectivity index (χ1v) is 9.96. The molecule has 2 N–H and O–H groups in total. The predicted octanol–water partition coefficient (Wildman–Crippen LogP) is 3.36. The van der Waals surface area contributed by atoms with Crippen LogP contribution in [0.15, 0.2) is 29.3 Å². The van der Waals surface area contributed by atoms with Gasteiger partial charge in [-0.2, -0.15) is 0 Å². The van der Waals surface area contributed by atoms with Crippen molar-refractivity contribution in [3.05, 3.63) is 29.8 Å². The fourth-order valence-corrected chi connectivity index (χ4v) is 2.40. The molecule has 0 aliphatic rings. The Morgan fingerprint density at radius 3 is 2.61 bits per heavy atom. The largest absolute Gasteiger partial charge is 0.492 e. The van der Waals surface area contributed by atoms with Crippen LogP contribution < -0.4 is 15.4 Å². The molecular formula is C21H39IN4O2. The van der Waals surface area contributed by atoms with E-state index in [0.29, 0.717) is 19.1 Å². The van der Waals surface area contributed by atoms with Crippen LogP contribution in [0.2, 0.25) is 0 Å². The summed E-state index contributed by atoms with van der Waals surface area (Å²) in [7, 11) is 3.79. The van der Waals surface area contributed by atoms with E-state index in [1.807, 2.05) is 12.1 Å². The second-order valence-corrected chi connectivity index (χ2v) is 7.10. The Balaban J connectivity index is 0.00000729. The van der Waals surface area contributed by atoms with Crippen molar-refractivity contribution in [2.24, 2.45) is 10.9 Å². The van der Waals surface area contributed by atoms with Gasteiger partial charge in [0.25, 0.3) is 0 Å². The topological polar surface area (TPSA) is 58.1 Å². The highest BCUT2D eigenvalue weighted by Gasteiger charge is 2.02. The molecular weight excluding hydrogens is 467 g/mol. The fraction of sp³-hybridized carbons (Fsp3) is 0.667. The van der Waals surface area contributed by atoms with E-state index in [-0.39, 0.29) is 24.0 Å². The number of rotatable bonds is 13. The monoisotopic (exact) mass is 506 g/mol. The Hall–Kier alpha value is -1.06. The minimum atomic E-state index is 0. The molecule has 0 aliphatic heterocycles. The normalized spacial score (nSPS) is 11.5. The average Bonchev–Trinajstić information content (AvgIpc) is 2.64. The molecule has 0 saturated heterocycles. The van der Waals surface area contributed by atoms with Gasteiger partial charge in [0.2, 0.25) is 0 Å². The van der Waals surface area contributed by atoms with Crippen LogP contribution in [0.25, 0.3) is 0 Å². The molecule has 0 saturated carbocycles. The zero-order chi connectivity index (χ0) is 19.9. The summed E-state index contributed by atoms with van der Waals surface area (Å²) >= 11 is 0. The Bertz CT molecular complexity index is 541. The van der Waals surface area contributed by atoms with Gasteiger partial charge in [-0.15, -0.1) is 24.0 Å². The van der Waals surface area contributed by atoms with Crippen LogP contribution in [0, 0.1) is 5.92 Å². The molecule has 0 amide bonds. The number of nitrogens with one attached hydrogen (secondary N) is 2. The van der Waals surface area contributed by atoms with E-state index in [1.54, 1.807) is 7.11 Å². The van der Waals surface area contributed by atoms with Crippen LogP contribution in [0.5, 0.6) is 5.75 Å². The molecule has 1 rings (SSSR count). The number of hydrogen-bond acceptors (Lipinski definition) is 4. The van der Waals surface area contributed by atoms with Gasteiger partial charge in [0.15, 0.2) is 5.96 Å². The zero-order valence-electron chi connectivity index (χ0n) is 18.2. The second-order valence-electron chi connectivity index (χ2n) is 7.10. The highest BCUT2D eigenvalue weighted by Crippen LogP contribution is 2.14. The molecule has 0 heterocycles. The van der Waals surface area contributed by atoms with Crippen molar-refractivity contribution in [2.45, 2.75) is 33.7 Å². The number of benzene rings is 1. The van der Waals surface area contributed by atoms with Gasteiger partial charge < -0.3 is 25.0 Å². The second kappa shape index (κ2) is 16.9. The molecule has 0 aliphatic carbocycles. The van der Waals surface area contributed by atoms with Crippen molar-refractivity contribution in [3.8, 4) is 5.75 Å². The zero-order valence-corrected chi connectivity index (χ0v) is 20.5. The number of halogens is 1. The molecule has 1 aromatic rings. The lowest BCUT2D eigenvalue weighted by Crippen LogP contribution is -2.38. The Kier molecular flexibility index (Phi) is 16.2. The van der Waals surface area contributed by atoms with Crippen LogP contribution in [0.1, 0.15) is 32.8 Å². The van der Waals surface area contributed by atoms with Gasteiger partial charge >= 0.3 is 0 Å². The first-order valence-electron chi connectivity index (χ1n) is 9.96. The molecule has 7 heteroatoms. The number of methoxy groups -OCH3 is 1. The van der Waals surface area contributed by atoms with Crippen molar-refractivity contribution >= 4 is 29.9 Å². The molecule has 0 aromatic heterocycles. The molecule has 0 atom stereocenters. The Labute approximate surface area is 188 Å². The van der Waals surface area contributed by atoms with Crippen molar-refractivity contribution < 1.29 is 9.47 Å². The molecule has 0 spiro atoms. The molecule has 0 fully saturated rings. The summed E-state index contributed by atoms with van der Waals surface area (Å²) in [6.45, 7) is 12.1. The van der Waals surface area contributed by atoms with Crippen LogP contribution in [-0.4, -0.2) is 64.4 Å². The minimum absolute atomic E-state index is 0. The smallest absolute Gasteiger partial charge is 0.191 e. The van der Waals surface area contributed by atoms with Crippen LogP contribution in [0.3, 0.4) is 0 Å². The van der Waals surface area contributed by atoms with Crippen molar-refractivity contribution in [3.63, 3.8) is 0 Å². The van der Waals surface area contributed by atoms with Crippen LogP contribution >= 0.6 is 24.0 Å². The van der Waals surface area contributed by atoms with E-state index in [2.05, 4.69) is 60.5 Å². The third-order valence-corrected chi connectivity index (χ3v) is 4.10. The van der Waals surface area contributed by atoms with Crippen molar-refractivity contribution in [2.75, 3.05) is 53.6 Å². The van der Waals surface area contributed by atoms with Crippen molar-refractivity contribution in [1.29, 1.82) is 0 Å². The summed E-state index contributed by atoms with van der Waals surface area (Å²) in [5, 5.41) is 6.69. The lowest BCUT2D eigenvalue weighted by molar-refractivity contribution is 0.150. The van der Waals surface area contributed by atoms with Gasteiger partial charge in [0.05, 0.1) is 13.2 Å². The highest BCUT2D eigenvalue weighted by molar-refractivity contribution is 14.0. The summed E-state index contributed by atoms with van der Waals surface area (Å²) < 4.78 is 11.0. The van der Waals surface area contributed by atoms with E-state index in [4.69, 9.17) is 9.47 Å². The van der Waals surface area contributed by atoms with E-state index < -0.39 is 0 Å². The third kappa shape index (κ3) is 13.2. The summed E-state index contributed by atoms with van der Waals surface area (Å²) in [6.07, 6.45) is 1.13. The summed E-state index contributed by atoms with van der Waals surface area (Å²) in [5.41, 5.74) is 1.14. The van der Waals surface area contributed by atoms with E-state index >= 15 is 0 Å². The molecule has 1 aromatic carbocycles. The number of nitrogens with zero attached hydrogens (tertiary/aromatic N) is 2. The van der Waals surface area contributed by atoms with Crippen LogP contribution in [-0.2, 0) is 11.3 Å². The van der Waals surface area contributed by atoms with Crippen molar-refractivity contribution in [1.82, 2.24) is 15.5 Å². The van der Waals surface area contributed by atoms with Gasteiger partial charge in [-0.1, -0.05) is 26.0 Å². The first kappa shape index (κ1) is 26.9. The Morgan fingerprint density at radius 1 is 1.18 bits per heavy atom. The minimum Gasteiger partial charge on any atom is -0.492 e. The van der Waals surface area contributed by atoms with Crippen LogP contribution in [0.4, 0.5) is 0 Å². The molecule has 162 valence electrons. The maximum absolute atomic E-state index is 5.88. The van der Waals surface area contributed by atoms with Gasteiger partial charge in [0.1, 0.15) is 12.4 Å². The molecule has 0 radical (unpaired) electrons. The SMILES string of the molecule is CCNC(=NCc1cccc(OCCN(C)CCOC)c1)NCCC(C)C.I. The van der Waals surface area contributed by atoms with Gasteiger partial charge in [0, 0.05) is 33.3 Å². The van der Waals surface area contributed by atoms with E-state index in [0.717, 1.165) is 56.5 Å². The first-order chi connectivity index (χ1) is 13.0. The van der Waals surface area contributed by atoms with Gasteiger partial charge in [-0.25, -0.2) is 4.99 Å². The van der Waals surface area contributed by atoms with Gasteiger partial charge in [-0.05, 0) is 44.0 Å². The quantitative estimate of drug-likeness (QED) is 0.244. The van der Waals surface area contributed by atoms with Gasteiger partial charge in [-0.3, -0.25) is 0 Å². The standard InChI is InChI=1S/C21H38N4O2.HI/c1-6-22-21(23-11-10-18(2)3)24-17-19-8-7-9-20(16-19)27-15-13-25(4)12-14-26-5;/h7-9,16,18H,6,10-15,17H2,1-5H3,(H2,22,23,24);1H. The molecule has 6 nitrogen and oxygen atoms in total. The lowest BCUT2D eigenvalue weighted by atomic mass is 10.1. The number of guanidine groups is 1. The Morgan fingerprint density at radius 2 is 1.93 bits per heavy atom. The number of ether oxygens (including phenoxy) is 2. The highest BCUT2D eigenvalue weighted by atomic mass is 127. The number of likely N-dealkylation sites (N-methyl/N-ethyl adjacent to an activating group) is 1. The van der Waals surface area contributed by atoms with E-state index in [1.165, 1.54) is 0 Å². The molecule has 0 bridgehead atoms. The fourth-order valence-electron chi connectivity index (χ4n) is 2.40. The van der Waals surface area contributed by atoms with E-state index in [9.17, 15) is 0 Å². The molecule has 0 unspecified atom stereocenters. The molecule has 28 heavy (non-hydrogen) atoms. The number of hydrogen-bond donors (Lipinski definition) is 2. The maximum Gasteiger partial charge on any atom is 0.191 e. The predicted molar refractivity (Wildman–Crippen MR) is 129 cm³/mol. The summed E-state index contributed by atoms with van der Waals surface area (Å²) in [5.74, 6) is 2.44. The summed E-state index contributed by atoms with van der Waals surface area (Å²) in [6, 6.07) is 8.16. The third-order valence-electron chi connectivity index (χ3n) is 4.10. The number of aliphatic imine (C=N–C) groups is 1. The lowest BCUT2D eigenvalue weighted by Gasteiger charge is -2.16. The summed E-state index contributed by atoms with van der Waals surface area (Å²) in [4.78, 5) is 6.88. The average molecular weight is 506 g/mol.